The highest BCUT2D eigenvalue weighted by Gasteiger charge is 2.10. The normalized spacial score (nSPS) is 10.6. The number of hydrogen-bond acceptors (Lipinski definition) is 3. The number of ether oxygens (including phenoxy) is 1. The molecule has 1 heterocycles. The van der Waals surface area contributed by atoms with E-state index in [0.717, 1.165) is 22.9 Å². The van der Waals surface area contributed by atoms with Crippen LogP contribution >= 0.6 is 0 Å². The molecule has 0 saturated carbocycles. The number of methoxy groups -OCH3 is 1. The molecule has 0 unspecified atom stereocenters. The second kappa shape index (κ2) is 3.38. The molecule has 0 radical (unpaired) electrons. The van der Waals surface area contributed by atoms with Crippen molar-refractivity contribution < 1.29 is 9.53 Å². The maximum Gasteiger partial charge on any atom is 0.153 e. The molecule has 0 aliphatic rings. The fourth-order valence-corrected chi connectivity index (χ4v) is 1.64. The van der Waals surface area contributed by atoms with Crippen LogP contribution in [0, 0.1) is 6.92 Å². The molecule has 78 valence electrons. The molecule has 0 N–H and O–H groups in total. The van der Waals surface area contributed by atoms with Crippen molar-refractivity contribution in [3.05, 3.63) is 23.4 Å². The first kappa shape index (κ1) is 9.71. The number of benzene rings is 1. The Labute approximate surface area is 87.5 Å². The lowest BCUT2D eigenvalue weighted by Crippen LogP contribution is -1.91. The van der Waals surface area contributed by atoms with Gasteiger partial charge in [0.1, 0.15) is 5.75 Å². The van der Waals surface area contributed by atoms with Crippen LogP contribution in [0.5, 0.6) is 5.75 Å². The van der Waals surface area contributed by atoms with E-state index in [4.69, 9.17) is 4.74 Å². The van der Waals surface area contributed by atoms with E-state index in [1.165, 1.54) is 0 Å². The summed E-state index contributed by atoms with van der Waals surface area (Å²) < 4.78 is 6.93. The Morgan fingerprint density at radius 3 is 2.80 bits per heavy atom. The van der Waals surface area contributed by atoms with Gasteiger partial charge in [-0.15, -0.1) is 0 Å². The molecule has 4 nitrogen and oxygen atoms in total. The Hall–Kier alpha value is -1.84. The fourth-order valence-electron chi connectivity index (χ4n) is 1.64. The van der Waals surface area contributed by atoms with E-state index < -0.39 is 0 Å². The van der Waals surface area contributed by atoms with Crippen LogP contribution in [0.4, 0.5) is 0 Å². The van der Waals surface area contributed by atoms with Gasteiger partial charge in [0.05, 0.1) is 18.2 Å². The van der Waals surface area contributed by atoms with Crippen LogP contribution in [-0.4, -0.2) is 23.2 Å². The topological polar surface area (TPSA) is 44.1 Å². The lowest BCUT2D eigenvalue weighted by molar-refractivity contribution is 0.112. The van der Waals surface area contributed by atoms with E-state index >= 15 is 0 Å². The van der Waals surface area contributed by atoms with Gasteiger partial charge >= 0.3 is 0 Å². The van der Waals surface area contributed by atoms with Gasteiger partial charge in [-0.3, -0.25) is 9.48 Å². The zero-order chi connectivity index (χ0) is 11.0. The summed E-state index contributed by atoms with van der Waals surface area (Å²) in [6, 6.07) is 3.59. The van der Waals surface area contributed by atoms with E-state index in [1.807, 2.05) is 20.0 Å². The number of carbonyl (C=O) groups is 1. The van der Waals surface area contributed by atoms with Gasteiger partial charge in [-0.05, 0) is 19.1 Å². The highest BCUT2D eigenvalue weighted by Crippen LogP contribution is 2.26. The Kier molecular flexibility index (Phi) is 2.19. The van der Waals surface area contributed by atoms with Crippen molar-refractivity contribution in [3.63, 3.8) is 0 Å². The minimum Gasteiger partial charge on any atom is -0.496 e. The molecule has 2 rings (SSSR count). The molecular formula is C11H12N2O2. The molecule has 0 spiro atoms. The van der Waals surface area contributed by atoms with Gasteiger partial charge in [-0.1, -0.05) is 0 Å². The third-order valence-electron chi connectivity index (χ3n) is 2.61. The minimum absolute atomic E-state index is 0.531. The lowest BCUT2D eigenvalue weighted by Gasteiger charge is -2.02. The Morgan fingerprint density at radius 1 is 1.47 bits per heavy atom. The number of nitrogens with zero attached hydrogens (tertiary/aromatic N) is 2. The molecule has 15 heavy (non-hydrogen) atoms. The van der Waals surface area contributed by atoms with Crippen LogP contribution in [0.15, 0.2) is 12.1 Å². The molecule has 2 aromatic rings. The number of fused-ring (bicyclic) bond motifs is 1. The maximum atomic E-state index is 10.8. The third kappa shape index (κ3) is 1.38. The molecule has 1 aromatic heterocycles. The summed E-state index contributed by atoms with van der Waals surface area (Å²) in [6.07, 6.45) is 0.780. The van der Waals surface area contributed by atoms with Crippen molar-refractivity contribution in [2.75, 3.05) is 7.11 Å². The van der Waals surface area contributed by atoms with Crippen molar-refractivity contribution in [2.24, 2.45) is 7.05 Å². The van der Waals surface area contributed by atoms with Crippen molar-refractivity contribution in [3.8, 4) is 5.75 Å². The molecular weight excluding hydrogens is 192 g/mol. The van der Waals surface area contributed by atoms with Crippen LogP contribution in [-0.2, 0) is 7.05 Å². The molecule has 0 bridgehead atoms. The van der Waals surface area contributed by atoms with Crippen LogP contribution < -0.4 is 4.74 Å². The van der Waals surface area contributed by atoms with Crippen LogP contribution in [0.1, 0.15) is 16.1 Å². The van der Waals surface area contributed by atoms with Crippen molar-refractivity contribution in [1.82, 2.24) is 9.78 Å². The predicted octanol–water partition coefficient (Wildman–Crippen LogP) is 1.70. The molecule has 0 fully saturated rings. The number of aldehydes is 1. The van der Waals surface area contributed by atoms with Crippen LogP contribution in [0.2, 0.25) is 0 Å². The second-order valence-corrected chi connectivity index (χ2v) is 3.44. The van der Waals surface area contributed by atoms with Gasteiger partial charge in [0.25, 0.3) is 0 Å². The first-order valence-electron chi connectivity index (χ1n) is 4.64. The summed E-state index contributed by atoms with van der Waals surface area (Å²) >= 11 is 0. The quantitative estimate of drug-likeness (QED) is 0.699. The first-order valence-corrected chi connectivity index (χ1v) is 4.64. The average Bonchev–Trinajstić information content (AvgIpc) is 2.53. The van der Waals surface area contributed by atoms with Gasteiger partial charge in [0, 0.05) is 18.1 Å². The molecule has 0 atom stereocenters. The summed E-state index contributed by atoms with van der Waals surface area (Å²) in [5.41, 5.74) is 2.40. The lowest BCUT2D eigenvalue weighted by atomic mass is 10.1. The Bertz CT molecular complexity index is 529. The molecule has 1 aromatic carbocycles. The highest BCUT2D eigenvalue weighted by atomic mass is 16.5. The van der Waals surface area contributed by atoms with Crippen molar-refractivity contribution in [2.45, 2.75) is 6.92 Å². The minimum atomic E-state index is 0.531. The first-order chi connectivity index (χ1) is 7.17. The molecule has 0 saturated heterocycles. The number of hydrogen-bond donors (Lipinski definition) is 0. The summed E-state index contributed by atoms with van der Waals surface area (Å²) in [6.45, 7) is 1.98. The number of carbonyl (C=O) groups excluding carboxylic acids is 1. The Morgan fingerprint density at radius 2 is 2.20 bits per heavy atom. The zero-order valence-electron chi connectivity index (χ0n) is 8.94. The smallest absolute Gasteiger partial charge is 0.153 e. The fraction of sp³-hybridized carbons (Fsp3) is 0.273. The van der Waals surface area contributed by atoms with Gasteiger partial charge in [0.15, 0.2) is 6.29 Å². The van der Waals surface area contributed by atoms with E-state index in [2.05, 4.69) is 5.10 Å². The predicted molar refractivity (Wildman–Crippen MR) is 57.4 cm³/mol. The van der Waals surface area contributed by atoms with E-state index in [1.54, 1.807) is 17.9 Å². The number of aromatic nitrogens is 2. The van der Waals surface area contributed by atoms with Crippen molar-refractivity contribution >= 4 is 17.2 Å². The van der Waals surface area contributed by atoms with Crippen LogP contribution in [0.3, 0.4) is 0 Å². The van der Waals surface area contributed by atoms with E-state index in [-0.39, 0.29) is 0 Å². The molecule has 4 heteroatoms. The Balaban J connectivity index is 2.80. The summed E-state index contributed by atoms with van der Waals surface area (Å²) in [4.78, 5) is 10.8. The SMILES string of the molecule is COc1cc2c(C)n(C)nc2cc1C=O. The van der Waals surface area contributed by atoms with E-state index in [9.17, 15) is 4.79 Å². The average molecular weight is 204 g/mol. The third-order valence-corrected chi connectivity index (χ3v) is 2.61. The second-order valence-electron chi connectivity index (χ2n) is 3.44. The van der Waals surface area contributed by atoms with Crippen LogP contribution in [0.25, 0.3) is 10.9 Å². The van der Waals surface area contributed by atoms with Gasteiger partial charge in [-0.25, -0.2) is 0 Å². The van der Waals surface area contributed by atoms with Gasteiger partial charge in [0.2, 0.25) is 0 Å². The van der Waals surface area contributed by atoms with Gasteiger partial charge in [-0.2, -0.15) is 5.10 Å². The molecule has 0 amide bonds. The highest BCUT2D eigenvalue weighted by molar-refractivity contribution is 5.91. The largest absolute Gasteiger partial charge is 0.496 e. The molecule has 0 aliphatic carbocycles. The standard InChI is InChI=1S/C11H12N2O2/c1-7-9-5-11(15-3)8(6-14)4-10(9)12-13(7)2/h4-6H,1-3H3. The van der Waals surface area contributed by atoms with E-state index in [0.29, 0.717) is 11.3 Å². The molecule has 0 aliphatic heterocycles. The number of rotatable bonds is 2. The summed E-state index contributed by atoms with van der Waals surface area (Å²) in [5, 5.41) is 5.31. The maximum absolute atomic E-state index is 10.8. The zero-order valence-corrected chi connectivity index (χ0v) is 8.94. The van der Waals surface area contributed by atoms with Gasteiger partial charge < -0.3 is 4.74 Å². The number of aryl methyl sites for hydroxylation is 2. The monoisotopic (exact) mass is 204 g/mol. The summed E-state index contributed by atoms with van der Waals surface area (Å²) in [5.74, 6) is 0.591. The van der Waals surface area contributed by atoms with Crippen molar-refractivity contribution in [1.29, 1.82) is 0 Å². The summed E-state index contributed by atoms with van der Waals surface area (Å²) in [7, 11) is 3.43.